The quantitative estimate of drug-likeness (QED) is 0.920. The Morgan fingerprint density at radius 2 is 2.25 bits per heavy atom. The van der Waals surface area contributed by atoms with E-state index in [9.17, 15) is 9.59 Å². The molecule has 1 saturated heterocycles. The summed E-state index contributed by atoms with van der Waals surface area (Å²) in [7, 11) is 0. The molecule has 1 amide bonds. The molecule has 0 aliphatic carbocycles. The van der Waals surface area contributed by atoms with Gasteiger partial charge in [0, 0.05) is 18.7 Å². The molecule has 2 heterocycles. The lowest BCUT2D eigenvalue weighted by Crippen LogP contribution is -2.42. The summed E-state index contributed by atoms with van der Waals surface area (Å²) in [6.45, 7) is 0.929. The van der Waals surface area contributed by atoms with Gasteiger partial charge in [0.15, 0.2) is 0 Å². The van der Waals surface area contributed by atoms with Gasteiger partial charge in [0.25, 0.3) is 5.91 Å². The number of thiazole rings is 1. The fourth-order valence-electron chi connectivity index (χ4n) is 2.53. The zero-order chi connectivity index (χ0) is 14.1. The van der Waals surface area contributed by atoms with Crippen molar-refractivity contribution in [1.82, 2.24) is 9.88 Å². The molecule has 5 nitrogen and oxygen atoms in total. The highest BCUT2D eigenvalue weighted by Gasteiger charge is 2.28. The maximum Gasteiger partial charge on any atom is 0.308 e. The van der Waals surface area contributed by atoms with Gasteiger partial charge < -0.3 is 10.0 Å². The summed E-state index contributed by atoms with van der Waals surface area (Å²) >= 11 is 1.50. The average molecular weight is 290 g/mol. The number of rotatable bonds is 2. The molecule has 1 aliphatic heterocycles. The number of carboxylic acid groups (broad SMARTS) is 1. The molecule has 0 unspecified atom stereocenters. The van der Waals surface area contributed by atoms with Crippen LogP contribution in [0.25, 0.3) is 10.2 Å². The molecule has 0 saturated carbocycles. The van der Waals surface area contributed by atoms with Crippen LogP contribution in [0.15, 0.2) is 23.7 Å². The number of piperidine rings is 1. The van der Waals surface area contributed by atoms with Gasteiger partial charge in [-0.2, -0.15) is 0 Å². The first-order valence-corrected chi connectivity index (χ1v) is 7.38. The summed E-state index contributed by atoms with van der Waals surface area (Å²) in [6, 6.07) is 5.42. The lowest BCUT2D eigenvalue weighted by Gasteiger charge is -2.30. The van der Waals surface area contributed by atoms with Gasteiger partial charge in [-0.05, 0) is 31.0 Å². The summed E-state index contributed by atoms with van der Waals surface area (Å²) in [5, 5.41) is 9.08. The van der Waals surface area contributed by atoms with Crippen molar-refractivity contribution in [2.75, 3.05) is 13.1 Å². The van der Waals surface area contributed by atoms with Gasteiger partial charge in [-0.25, -0.2) is 4.98 Å². The van der Waals surface area contributed by atoms with E-state index in [-0.39, 0.29) is 5.91 Å². The Labute approximate surface area is 119 Å². The zero-order valence-electron chi connectivity index (χ0n) is 10.8. The minimum Gasteiger partial charge on any atom is -0.481 e. The van der Waals surface area contributed by atoms with Crippen molar-refractivity contribution in [3.05, 3.63) is 29.3 Å². The van der Waals surface area contributed by atoms with Crippen molar-refractivity contribution in [3.63, 3.8) is 0 Å². The van der Waals surface area contributed by atoms with E-state index in [4.69, 9.17) is 5.11 Å². The second kappa shape index (κ2) is 5.20. The smallest absolute Gasteiger partial charge is 0.308 e. The van der Waals surface area contributed by atoms with Gasteiger partial charge in [0.05, 0.1) is 21.6 Å². The number of aliphatic carboxylic acids is 1. The summed E-state index contributed by atoms with van der Waals surface area (Å²) in [4.78, 5) is 29.3. The van der Waals surface area contributed by atoms with Gasteiger partial charge >= 0.3 is 5.97 Å². The third-order valence-electron chi connectivity index (χ3n) is 3.64. The van der Waals surface area contributed by atoms with E-state index < -0.39 is 11.9 Å². The van der Waals surface area contributed by atoms with Crippen molar-refractivity contribution in [1.29, 1.82) is 0 Å². The van der Waals surface area contributed by atoms with Crippen LogP contribution in [0.5, 0.6) is 0 Å². The lowest BCUT2D eigenvalue weighted by molar-refractivity contribution is -0.143. The first kappa shape index (κ1) is 13.1. The van der Waals surface area contributed by atoms with Crippen molar-refractivity contribution in [3.8, 4) is 0 Å². The molecule has 0 spiro atoms. The van der Waals surface area contributed by atoms with Crippen molar-refractivity contribution >= 4 is 33.4 Å². The Bertz CT molecular complexity index is 667. The first-order valence-electron chi connectivity index (χ1n) is 6.50. The number of carbonyl (C=O) groups is 2. The van der Waals surface area contributed by atoms with Gasteiger partial charge in [0.2, 0.25) is 0 Å². The predicted molar refractivity (Wildman–Crippen MR) is 75.9 cm³/mol. The minimum absolute atomic E-state index is 0.0914. The number of hydrogen-bond donors (Lipinski definition) is 1. The van der Waals surface area contributed by atoms with Crippen LogP contribution in [-0.2, 0) is 4.79 Å². The molecule has 1 fully saturated rings. The average Bonchev–Trinajstić information content (AvgIpc) is 2.94. The molecule has 6 heteroatoms. The number of carbonyl (C=O) groups excluding carboxylic acids is 1. The summed E-state index contributed by atoms with van der Waals surface area (Å²) in [5.74, 6) is -1.36. The number of hydrogen-bond acceptors (Lipinski definition) is 4. The maximum atomic E-state index is 12.5. The summed E-state index contributed by atoms with van der Waals surface area (Å²) in [6.07, 6.45) is 1.39. The molecule has 3 rings (SSSR count). The fraction of sp³-hybridized carbons (Fsp3) is 0.357. The fourth-order valence-corrected chi connectivity index (χ4v) is 3.25. The number of amides is 1. The van der Waals surface area contributed by atoms with Gasteiger partial charge in [-0.3, -0.25) is 9.59 Å². The van der Waals surface area contributed by atoms with Crippen molar-refractivity contribution < 1.29 is 14.7 Å². The lowest BCUT2D eigenvalue weighted by atomic mass is 9.97. The number of nitrogens with zero attached hydrogens (tertiary/aromatic N) is 2. The third kappa shape index (κ3) is 2.38. The number of aromatic nitrogens is 1. The Hall–Kier alpha value is -1.95. The van der Waals surface area contributed by atoms with E-state index in [1.165, 1.54) is 11.3 Å². The molecule has 1 aromatic heterocycles. The van der Waals surface area contributed by atoms with E-state index in [0.29, 0.717) is 25.1 Å². The van der Waals surface area contributed by atoms with E-state index in [0.717, 1.165) is 16.6 Å². The number of benzene rings is 1. The van der Waals surface area contributed by atoms with E-state index in [1.54, 1.807) is 16.5 Å². The zero-order valence-corrected chi connectivity index (χ0v) is 11.6. The largest absolute Gasteiger partial charge is 0.481 e. The maximum absolute atomic E-state index is 12.5. The summed E-state index contributed by atoms with van der Waals surface area (Å²) in [5.41, 5.74) is 3.24. The predicted octanol–water partition coefficient (Wildman–Crippen LogP) is 2.23. The van der Waals surface area contributed by atoms with Crippen LogP contribution in [0.1, 0.15) is 23.2 Å². The van der Waals surface area contributed by atoms with Crippen molar-refractivity contribution in [2.24, 2.45) is 5.92 Å². The number of fused-ring (bicyclic) bond motifs is 1. The van der Waals surface area contributed by atoms with E-state index in [2.05, 4.69) is 4.98 Å². The highest BCUT2D eigenvalue weighted by atomic mass is 32.1. The normalized spacial score (nSPS) is 19.2. The van der Waals surface area contributed by atoms with Crippen LogP contribution in [0.2, 0.25) is 0 Å². The molecule has 104 valence electrons. The topological polar surface area (TPSA) is 70.5 Å². The van der Waals surface area contributed by atoms with Crippen LogP contribution in [-0.4, -0.2) is 40.0 Å². The van der Waals surface area contributed by atoms with Crippen molar-refractivity contribution in [2.45, 2.75) is 12.8 Å². The molecule has 2 aromatic rings. The molecule has 1 aliphatic rings. The van der Waals surface area contributed by atoms with Gasteiger partial charge in [-0.15, -0.1) is 11.3 Å². The SMILES string of the molecule is O=C(O)[C@@H]1CCCN(C(=O)c2ccc3ncsc3c2)C1. The Balaban J connectivity index is 1.82. The molecule has 0 bridgehead atoms. The Morgan fingerprint density at radius 3 is 3.05 bits per heavy atom. The van der Waals surface area contributed by atoms with Crippen LogP contribution in [0.4, 0.5) is 0 Å². The molecular formula is C14H14N2O3S. The second-order valence-corrected chi connectivity index (χ2v) is 5.85. The standard InChI is InChI=1S/C14H14N2O3S/c17-13(16-5-1-2-10(7-16)14(18)19)9-3-4-11-12(6-9)20-8-15-11/h3-4,6,8,10H,1-2,5,7H2,(H,18,19)/t10-/m1/s1. The first-order chi connectivity index (χ1) is 9.65. The monoisotopic (exact) mass is 290 g/mol. The molecule has 1 atom stereocenters. The molecule has 20 heavy (non-hydrogen) atoms. The number of likely N-dealkylation sites (tertiary alicyclic amines) is 1. The molecule has 1 N–H and O–H groups in total. The van der Waals surface area contributed by atoms with Crippen LogP contribution < -0.4 is 0 Å². The number of carboxylic acids is 1. The molecular weight excluding hydrogens is 276 g/mol. The highest BCUT2D eigenvalue weighted by molar-refractivity contribution is 7.16. The van der Waals surface area contributed by atoms with Gasteiger partial charge in [-0.1, -0.05) is 0 Å². The Morgan fingerprint density at radius 1 is 1.40 bits per heavy atom. The summed E-state index contributed by atoms with van der Waals surface area (Å²) < 4.78 is 0.975. The van der Waals surface area contributed by atoms with Crippen LogP contribution >= 0.6 is 11.3 Å². The minimum atomic E-state index is -0.819. The molecule has 1 aromatic carbocycles. The van der Waals surface area contributed by atoms with Crippen LogP contribution in [0, 0.1) is 5.92 Å². The Kier molecular flexibility index (Phi) is 3.40. The van der Waals surface area contributed by atoms with Gasteiger partial charge in [0.1, 0.15) is 0 Å². The second-order valence-electron chi connectivity index (χ2n) is 4.96. The third-order valence-corrected chi connectivity index (χ3v) is 4.43. The highest BCUT2D eigenvalue weighted by Crippen LogP contribution is 2.22. The molecule has 0 radical (unpaired) electrons. The van der Waals surface area contributed by atoms with E-state index >= 15 is 0 Å². The van der Waals surface area contributed by atoms with Crippen LogP contribution in [0.3, 0.4) is 0 Å². The van der Waals surface area contributed by atoms with E-state index in [1.807, 2.05) is 12.1 Å².